The second-order valence-electron chi connectivity index (χ2n) is 4.17. The molecule has 1 rings (SSSR count). The number of oxime groups is 1. The Morgan fingerprint density at radius 1 is 1.50 bits per heavy atom. The first-order valence-electron chi connectivity index (χ1n) is 5.45. The fourth-order valence-electron chi connectivity index (χ4n) is 1.85. The van der Waals surface area contributed by atoms with Gasteiger partial charge in [-0.15, -0.1) is 0 Å². The summed E-state index contributed by atoms with van der Waals surface area (Å²) < 4.78 is 0. The fourth-order valence-corrected chi connectivity index (χ4v) is 1.85. The van der Waals surface area contributed by atoms with Crippen LogP contribution in [0.3, 0.4) is 0 Å². The Balaban J connectivity index is 2.18. The van der Waals surface area contributed by atoms with E-state index in [2.05, 4.69) is 10.5 Å². The molecule has 0 aromatic heterocycles. The highest BCUT2D eigenvalue weighted by Gasteiger charge is 2.14. The molecule has 1 saturated carbocycles. The van der Waals surface area contributed by atoms with Crippen LogP contribution in [-0.2, 0) is 0 Å². The van der Waals surface area contributed by atoms with Crippen molar-refractivity contribution in [2.45, 2.75) is 45.1 Å². The lowest BCUT2D eigenvalue weighted by atomic mass is 9.95. The zero-order chi connectivity index (χ0) is 10.4. The molecule has 1 fully saturated rings. The van der Waals surface area contributed by atoms with Gasteiger partial charge in [0, 0.05) is 18.5 Å². The molecule has 0 aromatic carbocycles. The molecule has 1 aliphatic rings. The van der Waals surface area contributed by atoms with Gasteiger partial charge in [0.2, 0.25) is 0 Å². The van der Waals surface area contributed by atoms with Gasteiger partial charge in [-0.3, -0.25) is 0 Å². The van der Waals surface area contributed by atoms with Crippen LogP contribution in [0.4, 0.5) is 0 Å². The molecule has 1 aliphatic carbocycles. The van der Waals surface area contributed by atoms with Crippen molar-refractivity contribution in [2.24, 2.45) is 16.8 Å². The molecule has 14 heavy (non-hydrogen) atoms. The summed E-state index contributed by atoms with van der Waals surface area (Å²) in [6, 6.07) is 0.637. The molecule has 4 heteroatoms. The Bertz CT molecular complexity index is 188. The molecule has 82 valence electrons. The maximum atomic E-state index is 8.48. The first kappa shape index (κ1) is 11.3. The number of nitrogens with one attached hydrogen (secondary N) is 1. The zero-order valence-corrected chi connectivity index (χ0v) is 8.87. The highest BCUT2D eigenvalue weighted by atomic mass is 16.4. The fraction of sp³-hybridized carbons (Fsp3) is 0.900. The summed E-state index contributed by atoms with van der Waals surface area (Å²) in [5.74, 6) is 0.426. The van der Waals surface area contributed by atoms with Crippen molar-refractivity contribution >= 4 is 5.84 Å². The summed E-state index contributed by atoms with van der Waals surface area (Å²) >= 11 is 0. The van der Waals surface area contributed by atoms with Crippen molar-refractivity contribution in [1.29, 1.82) is 0 Å². The molecular formula is C10H21N3O. The van der Waals surface area contributed by atoms with Crippen molar-refractivity contribution in [3.8, 4) is 0 Å². The number of nitrogens with zero attached hydrogens (tertiary/aromatic N) is 1. The van der Waals surface area contributed by atoms with Crippen LogP contribution >= 0.6 is 0 Å². The van der Waals surface area contributed by atoms with Gasteiger partial charge in [-0.2, -0.15) is 0 Å². The first-order chi connectivity index (χ1) is 6.74. The van der Waals surface area contributed by atoms with E-state index in [-0.39, 0.29) is 5.92 Å². The number of rotatable bonds is 4. The first-order valence-corrected chi connectivity index (χ1v) is 5.45. The Morgan fingerprint density at radius 2 is 2.14 bits per heavy atom. The monoisotopic (exact) mass is 199 g/mol. The van der Waals surface area contributed by atoms with Crippen LogP contribution in [0, 0.1) is 5.92 Å². The summed E-state index contributed by atoms with van der Waals surface area (Å²) in [6.45, 7) is 2.77. The van der Waals surface area contributed by atoms with Crippen molar-refractivity contribution < 1.29 is 5.21 Å². The van der Waals surface area contributed by atoms with Gasteiger partial charge in [-0.05, 0) is 12.8 Å². The predicted molar refractivity (Wildman–Crippen MR) is 57.4 cm³/mol. The molecule has 0 bridgehead atoms. The van der Waals surface area contributed by atoms with Gasteiger partial charge in [0.05, 0.1) is 0 Å². The molecule has 0 heterocycles. The van der Waals surface area contributed by atoms with E-state index in [1.807, 2.05) is 6.92 Å². The van der Waals surface area contributed by atoms with Gasteiger partial charge < -0.3 is 16.3 Å². The van der Waals surface area contributed by atoms with E-state index in [4.69, 9.17) is 10.9 Å². The lowest BCUT2D eigenvalue weighted by Crippen LogP contribution is -2.38. The quantitative estimate of drug-likeness (QED) is 0.276. The average Bonchev–Trinajstić information content (AvgIpc) is 2.26. The van der Waals surface area contributed by atoms with Crippen LogP contribution in [0.2, 0.25) is 0 Å². The standard InChI is InChI=1S/C10H21N3O/c1-8(10(11)13-14)7-12-9-5-3-2-4-6-9/h8-9,12,14H,2-7H2,1H3,(H2,11,13). The molecule has 0 amide bonds. The van der Waals surface area contributed by atoms with E-state index in [0.717, 1.165) is 6.54 Å². The van der Waals surface area contributed by atoms with E-state index in [1.165, 1.54) is 32.1 Å². The third-order valence-corrected chi connectivity index (χ3v) is 2.94. The van der Waals surface area contributed by atoms with E-state index in [9.17, 15) is 0 Å². The summed E-state index contributed by atoms with van der Waals surface area (Å²) in [5, 5.41) is 14.9. The maximum absolute atomic E-state index is 8.48. The van der Waals surface area contributed by atoms with E-state index < -0.39 is 0 Å². The SMILES string of the molecule is CC(CNC1CCCCC1)C(N)=NO. The minimum atomic E-state index is 0.113. The average molecular weight is 199 g/mol. The van der Waals surface area contributed by atoms with Gasteiger partial charge in [0.25, 0.3) is 0 Å². The second-order valence-corrected chi connectivity index (χ2v) is 4.17. The van der Waals surface area contributed by atoms with Crippen LogP contribution in [-0.4, -0.2) is 23.6 Å². The van der Waals surface area contributed by atoms with Crippen molar-refractivity contribution in [3.05, 3.63) is 0 Å². The molecule has 4 N–H and O–H groups in total. The summed E-state index contributed by atoms with van der Waals surface area (Å²) in [7, 11) is 0. The third kappa shape index (κ3) is 3.54. The highest BCUT2D eigenvalue weighted by Crippen LogP contribution is 2.17. The third-order valence-electron chi connectivity index (χ3n) is 2.94. The second kappa shape index (κ2) is 5.86. The molecule has 1 atom stereocenters. The van der Waals surface area contributed by atoms with Gasteiger partial charge >= 0.3 is 0 Å². The Kier molecular flexibility index (Phi) is 4.73. The lowest BCUT2D eigenvalue weighted by molar-refractivity contribution is 0.312. The molecule has 0 saturated heterocycles. The predicted octanol–water partition coefficient (Wildman–Crippen LogP) is 1.29. The number of hydrogen-bond donors (Lipinski definition) is 3. The van der Waals surface area contributed by atoms with E-state index in [1.54, 1.807) is 0 Å². The van der Waals surface area contributed by atoms with Crippen molar-refractivity contribution in [2.75, 3.05) is 6.54 Å². The highest BCUT2D eigenvalue weighted by molar-refractivity contribution is 5.82. The molecule has 0 spiro atoms. The van der Waals surface area contributed by atoms with E-state index in [0.29, 0.717) is 11.9 Å². The van der Waals surface area contributed by atoms with Crippen LogP contribution in [0.25, 0.3) is 0 Å². The number of nitrogens with two attached hydrogens (primary N) is 1. The van der Waals surface area contributed by atoms with Gasteiger partial charge in [-0.25, -0.2) is 0 Å². The smallest absolute Gasteiger partial charge is 0.143 e. The normalized spacial score (nSPS) is 22.2. The zero-order valence-electron chi connectivity index (χ0n) is 8.87. The molecule has 1 unspecified atom stereocenters. The van der Waals surface area contributed by atoms with Crippen LogP contribution in [0.1, 0.15) is 39.0 Å². The summed E-state index contributed by atoms with van der Waals surface area (Å²) in [6.07, 6.45) is 6.56. The largest absolute Gasteiger partial charge is 0.409 e. The number of hydrogen-bond acceptors (Lipinski definition) is 3. The van der Waals surface area contributed by atoms with Crippen LogP contribution in [0.5, 0.6) is 0 Å². The summed E-state index contributed by atoms with van der Waals surface area (Å²) in [4.78, 5) is 0. The van der Waals surface area contributed by atoms with Crippen LogP contribution < -0.4 is 11.1 Å². The minimum absolute atomic E-state index is 0.113. The minimum Gasteiger partial charge on any atom is -0.409 e. The number of amidine groups is 1. The molecule has 4 nitrogen and oxygen atoms in total. The maximum Gasteiger partial charge on any atom is 0.143 e. The molecular weight excluding hydrogens is 178 g/mol. The van der Waals surface area contributed by atoms with Gasteiger partial charge in [-0.1, -0.05) is 31.3 Å². The molecule has 0 radical (unpaired) electrons. The Labute approximate surface area is 85.6 Å². The summed E-state index contributed by atoms with van der Waals surface area (Å²) in [5.41, 5.74) is 5.49. The van der Waals surface area contributed by atoms with Gasteiger partial charge in [0.15, 0.2) is 0 Å². The Hall–Kier alpha value is -0.770. The van der Waals surface area contributed by atoms with Crippen molar-refractivity contribution in [3.63, 3.8) is 0 Å². The van der Waals surface area contributed by atoms with Crippen LogP contribution in [0.15, 0.2) is 5.16 Å². The van der Waals surface area contributed by atoms with E-state index >= 15 is 0 Å². The van der Waals surface area contributed by atoms with Crippen molar-refractivity contribution in [1.82, 2.24) is 5.32 Å². The van der Waals surface area contributed by atoms with Gasteiger partial charge in [0.1, 0.15) is 5.84 Å². The Morgan fingerprint density at radius 3 is 2.71 bits per heavy atom. The topological polar surface area (TPSA) is 70.6 Å². The lowest BCUT2D eigenvalue weighted by Gasteiger charge is -2.24. The molecule has 0 aliphatic heterocycles. The molecule has 0 aromatic rings.